The molecular weight excluding hydrogens is 164 g/mol. The highest BCUT2D eigenvalue weighted by Crippen LogP contribution is 2.45. The number of hydrogen-bond acceptors (Lipinski definition) is 2. The van der Waals surface area contributed by atoms with E-state index in [-0.39, 0.29) is 11.7 Å². The molecule has 1 N–H and O–H groups in total. The molecule has 2 atom stereocenters. The topological polar surface area (TPSA) is 37.3 Å². The molecule has 1 aliphatic rings. The lowest BCUT2D eigenvalue weighted by Gasteiger charge is -2.46. The predicted octanol–water partition coefficient (Wildman–Crippen LogP) is 1.38. The van der Waals surface area contributed by atoms with Gasteiger partial charge in [0.1, 0.15) is 11.4 Å². The van der Waals surface area contributed by atoms with E-state index in [1.165, 1.54) is 0 Å². The molecule has 72 valence electrons. The lowest BCUT2D eigenvalue weighted by molar-refractivity contribution is -0.140. The maximum atomic E-state index is 11.3. The minimum absolute atomic E-state index is 0.145. The average molecular weight is 180 g/mol. The lowest BCUT2D eigenvalue weighted by Crippen LogP contribution is -2.53. The highest BCUT2D eigenvalue weighted by Gasteiger charge is 2.51. The predicted molar refractivity (Wildman–Crippen MR) is 51.0 cm³/mol. The number of aliphatic hydroxyl groups is 1. The Morgan fingerprint density at radius 2 is 2.15 bits per heavy atom. The summed E-state index contributed by atoms with van der Waals surface area (Å²) in [5, 5.41) is 10.2. The van der Waals surface area contributed by atoms with E-state index in [2.05, 4.69) is 5.92 Å². The first-order valence-corrected chi connectivity index (χ1v) is 4.55. The Morgan fingerprint density at radius 3 is 2.54 bits per heavy atom. The number of ketones is 1. The molecule has 0 aromatic carbocycles. The Labute approximate surface area is 79.3 Å². The summed E-state index contributed by atoms with van der Waals surface area (Å²) in [6.45, 7) is 5.53. The normalized spacial score (nSPS) is 38.4. The first-order valence-electron chi connectivity index (χ1n) is 4.55. The SMILES string of the molecule is C#C[C@@]1(O)C(C)CC(=O)CC1(C)C. The van der Waals surface area contributed by atoms with Gasteiger partial charge in [-0.15, -0.1) is 6.42 Å². The first kappa shape index (κ1) is 10.3. The summed E-state index contributed by atoms with van der Waals surface area (Å²) < 4.78 is 0. The van der Waals surface area contributed by atoms with Gasteiger partial charge < -0.3 is 5.11 Å². The number of carbonyl (C=O) groups excluding carboxylic acids is 1. The molecule has 0 spiro atoms. The van der Waals surface area contributed by atoms with Crippen LogP contribution in [0.15, 0.2) is 0 Å². The number of terminal acetylenes is 1. The van der Waals surface area contributed by atoms with Gasteiger partial charge in [0.2, 0.25) is 0 Å². The Morgan fingerprint density at radius 1 is 1.62 bits per heavy atom. The van der Waals surface area contributed by atoms with Crippen LogP contribution in [-0.4, -0.2) is 16.5 Å². The van der Waals surface area contributed by atoms with E-state index < -0.39 is 11.0 Å². The summed E-state index contributed by atoms with van der Waals surface area (Å²) in [5.41, 5.74) is -1.64. The molecule has 2 heteroatoms. The van der Waals surface area contributed by atoms with Crippen LogP contribution < -0.4 is 0 Å². The quantitative estimate of drug-likeness (QED) is 0.572. The third-order valence-corrected chi connectivity index (χ3v) is 3.14. The van der Waals surface area contributed by atoms with E-state index >= 15 is 0 Å². The fourth-order valence-corrected chi connectivity index (χ4v) is 2.19. The van der Waals surface area contributed by atoms with Crippen LogP contribution in [0.25, 0.3) is 0 Å². The van der Waals surface area contributed by atoms with Gasteiger partial charge in [-0.2, -0.15) is 0 Å². The molecular formula is C11H16O2. The van der Waals surface area contributed by atoms with Gasteiger partial charge >= 0.3 is 0 Å². The minimum Gasteiger partial charge on any atom is -0.377 e. The molecule has 1 aliphatic carbocycles. The molecule has 0 heterocycles. The Kier molecular flexibility index (Phi) is 2.25. The van der Waals surface area contributed by atoms with Crippen LogP contribution >= 0.6 is 0 Å². The monoisotopic (exact) mass is 180 g/mol. The Hall–Kier alpha value is -0.810. The number of hydrogen-bond donors (Lipinski definition) is 1. The molecule has 0 amide bonds. The van der Waals surface area contributed by atoms with Crippen molar-refractivity contribution >= 4 is 5.78 Å². The van der Waals surface area contributed by atoms with Crippen LogP contribution in [0.5, 0.6) is 0 Å². The number of rotatable bonds is 0. The molecule has 2 nitrogen and oxygen atoms in total. The van der Waals surface area contributed by atoms with Gasteiger partial charge in [0.05, 0.1) is 0 Å². The summed E-state index contributed by atoms with van der Waals surface area (Å²) in [4.78, 5) is 11.3. The zero-order chi connectivity index (χ0) is 10.3. The van der Waals surface area contributed by atoms with Gasteiger partial charge in [0.25, 0.3) is 0 Å². The maximum Gasteiger partial charge on any atom is 0.134 e. The molecule has 0 radical (unpaired) electrons. The molecule has 0 aliphatic heterocycles. The largest absolute Gasteiger partial charge is 0.377 e. The zero-order valence-corrected chi connectivity index (χ0v) is 8.42. The molecule has 0 saturated heterocycles. The van der Waals surface area contributed by atoms with Crippen LogP contribution in [0.4, 0.5) is 0 Å². The average Bonchev–Trinajstić information content (AvgIpc) is 1.98. The lowest BCUT2D eigenvalue weighted by atomic mass is 9.61. The van der Waals surface area contributed by atoms with Crippen molar-refractivity contribution in [2.45, 2.75) is 39.2 Å². The van der Waals surface area contributed by atoms with Crippen molar-refractivity contribution in [1.82, 2.24) is 0 Å². The van der Waals surface area contributed by atoms with Gasteiger partial charge in [0.15, 0.2) is 0 Å². The van der Waals surface area contributed by atoms with Crippen molar-refractivity contribution in [3.05, 3.63) is 0 Å². The molecule has 0 bridgehead atoms. The van der Waals surface area contributed by atoms with E-state index in [1.54, 1.807) is 0 Å². The molecule has 0 aromatic rings. The molecule has 1 rings (SSSR count). The third-order valence-electron chi connectivity index (χ3n) is 3.14. The number of Topliss-reactive ketones (excluding diaryl/α,β-unsaturated/α-hetero) is 1. The Balaban J connectivity index is 3.08. The van der Waals surface area contributed by atoms with Crippen LogP contribution in [0, 0.1) is 23.7 Å². The van der Waals surface area contributed by atoms with Crippen LogP contribution in [0.2, 0.25) is 0 Å². The van der Waals surface area contributed by atoms with Crippen molar-refractivity contribution in [3.8, 4) is 12.3 Å². The van der Waals surface area contributed by atoms with Gasteiger partial charge in [-0.25, -0.2) is 0 Å². The second-order valence-corrected chi connectivity index (χ2v) is 4.62. The second-order valence-electron chi connectivity index (χ2n) is 4.62. The summed E-state index contributed by atoms with van der Waals surface area (Å²) in [7, 11) is 0. The second kappa shape index (κ2) is 2.85. The summed E-state index contributed by atoms with van der Waals surface area (Å²) in [6, 6.07) is 0. The molecule has 13 heavy (non-hydrogen) atoms. The van der Waals surface area contributed by atoms with Gasteiger partial charge in [0, 0.05) is 24.2 Å². The van der Waals surface area contributed by atoms with Gasteiger partial charge in [-0.05, 0) is 0 Å². The fraction of sp³-hybridized carbons (Fsp3) is 0.727. The standard InChI is InChI=1S/C11H16O2/c1-5-11(13)8(2)6-9(12)7-10(11,3)4/h1,8,13H,6-7H2,2-4H3/t8?,11-/m1/s1. The van der Waals surface area contributed by atoms with Crippen molar-refractivity contribution in [2.24, 2.45) is 11.3 Å². The van der Waals surface area contributed by atoms with Crippen molar-refractivity contribution in [3.63, 3.8) is 0 Å². The van der Waals surface area contributed by atoms with Crippen LogP contribution in [0.1, 0.15) is 33.6 Å². The van der Waals surface area contributed by atoms with Gasteiger partial charge in [-0.3, -0.25) is 4.79 Å². The first-order chi connectivity index (χ1) is 5.83. The molecule has 1 saturated carbocycles. The highest BCUT2D eigenvalue weighted by molar-refractivity contribution is 5.81. The van der Waals surface area contributed by atoms with Crippen molar-refractivity contribution < 1.29 is 9.90 Å². The van der Waals surface area contributed by atoms with E-state index in [4.69, 9.17) is 6.42 Å². The van der Waals surface area contributed by atoms with E-state index in [0.717, 1.165) is 0 Å². The van der Waals surface area contributed by atoms with Gasteiger partial charge in [-0.1, -0.05) is 26.7 Å². The van der Waals surface area contributed by atoms with Crippen molar-refractivity contribution in [1.29, 1.82) is 0 Å². The summed E-state index contributed by atoms with van der Waals surface area (Å²) >= 11 is 0. The third kappa shape index (κ3) is 1.38. The van der Waals surface area contributed by atoms with Crippen molar-refractivity contribution in [2.75, 3.05) is 0 Å². The van der Waals surface area contributed by atoms with E-state index in [1.807, 2.05) is 20.8 Å². The Bertz CT molecular complexity index is 272. The number of carbonyl (C=O) groups is 1. The smallest absolute Gasteiger partial charge is 0.134 e. The summed E-state index contributed by atoms with van der Waals surface area (Å²) in [5.74, 6) is 2.49. The highest BCUT2D eigenvalue weighted by atomic mass is 16.3. The fourth-order valence-electron chi connectivity index (χ4n) is 2.19. The molecule has 1 unspecified atom stereocenters. The summed E-state index contributed by atoms with van der Waals surface area (Å²) in [6.07, 6.45) is 6.10. The molecule has 1 fully saturated rings. The minimum atomic E-state index is -1.14. The van der Waals surface area contributed by atoms with E-state index in [9.17, 15) is 9.90 Å². The zero-order valence-electron chi connectivity index (χ0n) is 8.42. The van der Waals surface area contributed by atoms with Crippen LogP contribution in [0.3, 0.4) is 0 Å². The van der Waals surface area contributed by atoms with Crippen LogP contribution in [-0.2, 0) is 4.79 Å². The maximum absolute atomic E-state index is 11.3. The van der Waals surface area contributed by atoms with E-state index in [0.29, 0.717) is 12.8 Å². The molecule has 0 aromatic heterocycles.